The third kappa shape index (κ3) is 3.19. The summed E-state index contributed by atoms with van der Waals surface area (Å²) in [7, 11) is 1.64. The first-order valence-corrected chi connectivity index (χ1v) is 7.62. The number of benzene rings is 2. The summed E-state index contributed by atoms with van der Waals surface area (Å²) in [6.45, 7) is 1.30. The van der Waals surface area contributed by atoms with E-state index in [0.29, 0.717) is 19.5 Å². The molecule has 0 bridgehead atoms. The number of nitriles is 1. The highest BCUT2D eigenvalue weighted by atomic mass is 16.5. The maximum absolute atomic E-state index is 12.6. The van der Waals surface area contributed by atoms with Gasteiger partial charge in [0.2, 0.25) is 0 Å². The fourth-order valence-corrected chi connectivity index (χ4v) is 2.89. The van der Waals surface area contributed by atoms with E-state index in [4.69, 9.17) is 10.00 Å². The van der Waals surface area contributed by atoms with E-state index in [1.165, 1.54) is 0 Å². The third-order valence-electron chi connectivity index (χ3n) is 4.15. The van der Waals surface area contributed by atoms with Gasteiger partial charge in [0.05, 0.1) is 19.6 Å². The number of fused-ring (bicyclic) bond motifs is 1. The van der Waals surface area contributed by atoms with Gasteiger partial charge in [-0.1, -0.05) is 24.3 Å². The number of nitrogens with zero attached hydrogens (tertiary/aromatic N) is 2. The number of rotatable bonds is 4. The number of amides is 1. The lowest BCUT2D eigenvalue weighted by Gasteiger charge is -2.29. The molecule has 3 rings (SSSR count). The van der Waals surface area contributed by atoms with Crippen molar-refractivity contribution >= 4 is 5.91 Å². The fourth-order valence-electron chi connectivity index (χ4n) is 2.89. The van der Waals surface area contributed by atoms with Crippen LogP contribution in [0.3, 0.4) is 0 Å². The topological polar surface area (TPSA) is 53.3 Å². The molecule has 4 nitrogen and oxygen atoms in total. The normalized spacial score (nSPS) is 13.4. The molecule has 4 heteroatoms. The van der Waals surface area contributed by atoms with Gasteiger partial charge < -0.3 is 9.64 Å². The molecule has 1 aliphatic rings. The van der Waals surface area contributed by atoms with Gasteiger partial charge in [0.1, 0.15) is 5.75 Å². The second-order valence-corrected chi connectivity index (χ2v) is 5.65. The average molecular weight is 306 g/mol. The number of hydrogen-bond acceptors (Lipinski definition) is 3. The minimum atomic E-state index is 0.0607. The predicted molar refractivity (Wildman–Crippen MR) is 87.2 cm³/mol. The summed E-state index contributed by atoms with van der Waals surface area (Å²) in [6, 6.07) is 15.6. The van der Waals surface area contributed by atoms with Gasteiger partial charge in [-0.15, -0.1) is 0 Å². The fraction of sp³-hybridized carbons (Fsp3) is 0.263. The monoisotopic (exact) mass is 306 g/mol. The number of hydrogen-bond donors (Lipinski definition) is 0. The zero-order valence-electron chi connectivity index (χ0n) is 13.1. The molecule has 0 aliphatic carbocycles. The standard InChI is InChI=1S/C19H18N2O2/c1-23-17-5-2-15(3-6-17)13-21-11-9-16-12-14(8-10-20)4-7-18(16)19(21)22/h2-7,12H,8-9,11,13H2,1H3. The molecule has 116 valence electrons. The first kappa shape index (κ1) is 15.1. The molecule has 0 unspecified atom stereocenters. The molecule has 0 N–H and O–H groups in total. The second kappa shape index (κ2) is 6.53. The van der Waals surface area contributed by atoms with E-state index < -0.39 is 0 Å². The van der Waals surface area contributed by atoms with E-state index in [0.717, 1.165) is 34.4 Å². The second-order valence-electron chi connectivity index (χ2n) is 5.65. The molecule has 23 heavy (non-hydrogen) atoms. The Morgan fingerprint density at radius 3 is 2.61 bits per heavy atom. The maximum Gasteiger partial charge on any atom is 0.254 e. The first-order chi connectivity index (χ1) is 11.2. The Balaban J connectivity index is 1.76. The summed E-state index contributed by atoms with van der Waals surface area (Å²) in [4.78, 5) is 14.5. The lowest BCUT2D eigenvalue weighted by molar-refractivity contribution is 0.0727. The SMILES string of the molecule is COc1ccc(CN2CCc3cc(CC#N)ccc3C2=O)cc1. The van der Waals surface area contributed by atoms with Crippen molar-refractivity contribution in [2.45, 2.75) is 19.4 Å². The summed E-state index contributed by atoms with van der Waals surface area (Å²) in [6.07, 6.45) is 1.22. The van der Waals surface area contributed by atoms with Gasteiger partial charge in [-0.2, -0.15) is 5.26 Å². The van der Waals surface area contributed by atoms with Crippen LogP contribution in [0.2, 0.25) is 0 Å². The molecule has 0 radical (unpaired) electrons. The van der Waals surface area contributed by atoms with Crippen molar-refractivity contribution in [3.63, 3.8) is 0 Å². The zero-order valence-corrected chi connectivity index (χ0v) is 13.1. The van der Waals surface area contributed by atoms with Crippen LogP contribution < -0.4 is 4.74 Å². The van der Waals surface area contributed by atoms with Gasteiger partial charge >= 0.3 is 0 Å². The van der Waals surface area contributed by atoms with E-state index in [9.17, 15) is 4.79 Å². The number of methoxy groups -OCH3 is 1. The van der Waals surface area contributed by atoms with Crippen molar-refractivity contribution in [3.05, 3.63) is 64.7 Å². The Bertz CT molecular complexity index is 760. The van der Waals surface area contributed by atoms with Crippen molar-refractivity contribution < 1.29 is 9.53 Å². The van der Waals surface area contributed by atoms with Crippen molar-refractivity contribution in [2.75, 3.05) is 13.7 Å². The molecular formula is C19H18N2O2. The molecule has 0 saturated heterocycles. The summed E-state index contributed by atoms with van der Waals surface area (Å²) in [5, 5.41) is 8.79. The summed E-state index contributed by atoms with van der Waals surface area (Å²) >= 11 is 0. The van der Waals surface area contributed by atoms with Crippen LogP contribution >= 0.6 is 0 Å². The quantitative estimate of drug-likeness (QED) is 0.872. The van der Waals surface area contributed by atoms with Gasteiger partial charge in [-0.3, -0.25) is 4.79 Å². The summed E-state index contributed by atoms with van der Waals surface area (Å²) < 4.78 is 5.15. The molecule has 0 aromatic heterocycles. The molecular weight excluding hydrogens is 288 g/mol. The van der Waals surface area contributed by atoms with Crippen molar-refractivity contribution in [3.8, 4) is 11.8 Å². The van der Waals surface area contributed by atoms with Gasteiger partial charge in [0.15, 0.2) is 0 Å². The molecule has 0 fully saturated rings. The van der Waals surface area contributed by atoms with Crippen LogP contribution in [0.5, 0.6) is 5.75 Å². The van der Waals surface area contributed by atoms with Gasteiger partial charge in [0, 0.05) is 18.7 Å². The number of ether oxygens (including phenoxy) is 1. The Morgan fingerprint density at radius 2 is 1.91 bits per heavy atom. The predicted octanol–water partition coefficient (Wildman–Crippen LogP) is 2.96. The van der Waals surface area contributed by atoms with Crippen LogP contribution in [-0.4, -0.2) is 24.5 Å². The smallest absolute Gasteiger partial charge is 0.254 e. The average Bonchev–Trinajstić information content (AvgIpc) is 2.58. The van der Waals surface area contributed by atoms with Gasteiger partial charge in [-0.05, 0) is 41.3 Å². The highest BCUT2D eigenvalue weighted by molar-refractivity contribution is 5.96. The molecule has 2 aromatic rings. The van der Waals surface area contributed by atoms with E-state index in [1.807, 2.05) is 47.4 Å². The Labute approximate surface area is 135 Å². The van der Waals surface area contributed by atoms with Gasteiger partial charge in [-0.25, -0.2) is 0 Å². The van der Waals surface area contributed by atoms with E-state index in [2.05, 4.69) is 6.07 Å². The maximum atomic E-state index is 12.6. The van der Waals surface area contributed by atoms with E-state index in [-0.39, 0.29) is 5.91 Å². The lowest BCUT2D eigenvalue weighted by Crippen LogP contribution is -2.37. The molecule has 0 atom stereocenters. The van der Waals surface area contributed by atoms with E-state index in [1.54, 1.807) is 7.11 Å². The molecule has 1 aliphatic heterocycles. The molecule has 2 aromatic carbocycles. The summed E-state index contributed by atoms with van der Waals surface area (Å²) in [5.41, 5.74) is 3.87. The van der Waals surface area contributed by atoms with Crippen LogP contribution in [0.25, 0.3) is 0 Å². The lowest BCUT2D eigenvalue weighted by atomic mass is 9.95. The third-order valence-corrected chi connectivity index (χ3v) is 4.15. The highest BCUT2D eigenvalue weighted by Gasteiger charge is 2.24. The van der Waals surface area contributed by atoms with Crippen LogP contribution in [0.4, 0.5) is 0 Å². The minimum absolute atomic E-state index is 0.0607. The van der Waals surface area contributed by atoms with E-state index >= 15 is 0 Å². The van der Waals surface area contributed by atoms with Crippen molar-refractivity contribution in [1.29, 1.82) is 5.26 Å². The van der Waals surface area contributed by atoms with Crippen LogP contribution in [0, 0.1) is 11.3 Å². The van der Waals surface area contributed by atoms with Crippen LogP contribution in [0.1, 0.15) is 27.0 Å². The molecule has 0 spiro atoms. The summed E-state index contributed by atoms with van der Waals surface area (Å²) in [5.74, 6) is 0.875. The molecule has 1 amide bonds. The van der Waals surface area contributed by atoms with Gasteiger partial charge in [0.25, 0.3) is 5.91 Å². The zero-order chi connectivity index (χ0) is 16.2. The Kier molecular flexibility index (Phi) is 4.29. The first-order valence-electron chi connectivity index (χ1n) is 7.62. The molecule has 1 heterocycles. The molecule has 0 saturated carbocycles. The minimum Gasteiger partial charge on any atom is -0.497 e. The number of carbonyl (C=O) groups is 1. The van der Waals surface area contributed by atoms with Crippen LogP contribution in [-0.2, 0) is 19.4 Å². The largest absolute Gasteiger partial charge is 0.497 e. The van der Waals surface area contributed by atoms with Crippen molar-refractivity contribution in [1.82, 2.24) is 4.90 Å². The highest BCUT2D eigenvalue weighted by Crippen LogP contribution is 2.23. The Morgan fingerprint density at radius 1 is 1.17 bits per heavy atom. The van der Waals surface area contributed by atoms with Crippen molar-refractivity contribution in [2.24, 2.45) is 0 Å². The number of carbonyl (C=O) groups excluding carboxylic acids is 1. The van der Waals surface area contributed by atoms with Crippen LogP contribution in [0.15, 0.2) is 42.5 Å². The Hall–Kier alpha value is -2.80.